The van der Waals surface area contributed by atoms with Crippen LogP contribution < -0.4 is 0 Å². The van der Waals surface area contributed by atoms with Crippen molar-refractivity contribution in [3.05, 3.63) is 16.6 Å². The van der Waals surface area contributed by atoms with Crippen LogP contribution in [0.5, 0.6) is 0 Å². The molecule has 2 nitrogen and oxygen atoms in total. The monoisotopic (exact) mass is 127 g/mol. The minimum atomic E-state index is 0.704. The van der Waals surface area contributed by atoms with E-state index in [4.69, 9.17) is 0 Å². The van der Waals surface area contributed by atoms with E-state index in [1.165, 1.54) is 11.5 Å². The number of carbonyl (C=O) groups is 1. The van der Waals surface area contributed by atoms with E-state index in [9.17, 15) is 4.79 Å². The number of nitrogens with zero attached hydrogens (tertiary/aromatic N) is 1. The van der Waals surface area contributed by atoms with Gasteiger partial charge in [-0.2, -0.15) is 0 Å². The van der Waals surface area contributed by atoms with Crippen LogP contribution in [0.4, 0.5) is 0 Å². The Bertz CT molecular complexity index is 194. The highest BCUT2D eigenvalue weighted by atomic mass is 32.1. The lowest BCUT2D eigenvalue weighted by atomic mass is 10.3. The molecule has 1 rings (SSSR count). The molecule has 0 radical (unpaired) electrons. The number of hydrogen-bond acceptors (Lipinski definition) is 3. The maximum atomic E-state index is 10.1. The Morgan fingerprint density at radius 1 is 1.88 bits per heavy atom. The molecule has 0 fully saturated rings. The first-order valence-corrected chi connectivity index (χ1v) is 2.98. The van der Waals surface area contributed by atoms with Gasteiger partial charge in [0.15, 0.2) is 6.29 Å². The maximum Gasteiger partial charge on any atom is 0.152 e. The number of aldehydes is 1. The third-order valence-electron chi connectivity index (χ3n) is 0.915. The van der Waals surface area contributed by atoms with Crippen LogP contribution >= 0.6 is 11.5 Å². The van der Waals surface area contributed by atoms with Gasteiger partial charge in [0, 0.05) is 10.4 Å². The van der Waals surface area contributed by atoms with E-state index in [2.05, 4.69) is 4.37 Å². The lowest BCUT2D eigenvalue weighted by molar-refractivity contribution is 0.112. The molecule has 0 spiro atoms. The lowest BCUT2D eigenvalue weighted by Gasteiger charge is -1.76. The van der Waals surface area contributed by atoms with Gasteiger partial charge in [-0.15, -0.1) is 0 Å². The minimum absolute atomic E-state index is 0.704. The Balaban J connectivity index is 3.09. The molecular weight excluding hydrogens is 122 g/mol. The number of carbonyl (C=O) groups excluding carboxylic acids is 1. The van der Waals surface area contributed by atoms with Crippen LogP contribution in [0.2, 0.25) is 0 Å². The van der Waals surface area contributed by atoms with Gasteiger partial charge in [-0.3, -0.25) is 4.79 Å². The highest BCUT2D eigenvalue weighted by Gasteiger charge is 1.95. The average Bonchev–Trinajstić information content (AvgIpc) is 2.14. The van der Waals surface area contributed by atoms with Gasteiger partial charge in [-0.25, -0.2) is 4.37 Å². The molecule has 0 atom stereocenters. The quantitative estimate of drug-likeness (QED) is 0.531. The third kappa shape index (κ3) is 0.767. The summed E-state index contributed by atoms with van der Waals surface area (Å²) in [6.45, 7) is 1.88. The molecule has 0 saturated carbocycles. The summed E-state index contributed by atoms with van der Waals surface area (Å²) < 4.78 is 3.80. The summed E-state index contributed by atoms with van der Waals surface area (Å²) in [6.07, 6.45) is 2.39. The maximum absolute atomic E-state index is 10.1. The minimum Gasteiger partial charge on any atom is -0.298 e. The second-order valence-corrected chi connectivity index (χ2v) is 2.46. The highest BCUT2D eigenvalue weighted by Crippen LogP contribution is 2.07. The van der Waals surface area contributed by atoms with Gasteiger partial charge in [-0.1, -0.05) is 0 Å². The second kappa shape index (κ2) is 2.05. The SMILES string of the molecule is Cc1sncc1C=O. The van der Waals surface area contributed by atoms with Gasteiger partial charge in [0.05, 0.1) is 6.20 Å². The number of aryl methyl sites for hydroxylation is 1. The summed E-state index contributed by atoms with van der Waals surface area (Å²) in [5.41, 5.74) is 0.704. The number of hydrogen-bond donors (Lipinski definition) is 0. The molecule has 0 aliphatic heterocycles. The topological polar surface area (TPSA) is 30.0 Å². The van der Waals surface area contributed by atoms with E-state index in [0.29, 0.717) is 5.56 Å². The van der Waals surface area contributed by atoms with Crippen molar-refractivity contribution in [1.29, 1.82) is 0 Å². The largest absolute Gasteiger partial charge is 0.298 e. The fraction of sp³-hybridized carbons (Fsp3) is 0.200. The van der Waals surface area contributed by atoms with E-state index in [0.717, 1.165) is 11.2 Å². The molecule has 0 amide bonds. The van der Waals surface area contributed by atoms with Crippen LogP contribution in [0.1, 0.15) is 15.2 Å². The van der Waals surface area contributed by atoms with Crippen molar-refractivity contribution in [3.8, 4) is 0 Å². The molecule has 1 aromatic heterocycles. The molecule has 1 aromatic rings. The summed E-state index contributed by atoms with van der Waals surface area (Å²) in [4.78, 5) is 11.0. The lowest BCUT2D eigenvalue weighted by Crippen LogP contribution is -1.73. The molecule has 42 valence electrons. The van der Waals surface area contributed by atoms with Crippen molar-refractivity contribution in [1.82, 2.24) is 4.37 Å². The van der Waals surface area contributed by atoms with Crippen LogP contribution in [0, 0.1) is 6.92 Å². The average molecular weight is 127 g/mol. The number of rotatable bonds is 1. The van der Waals surface area contributed by atoms with Crippen LogP contribution in [0.25, 0.3) is 0 Å². The molecule has 8 heavy (non-hydrogen) atoms. The molecule has 0 unspecified atom stereocenters. The van der Waals surface area contributed by atoms with Crippen molar-refractivity contribution in [2.75, 3.05) is 0 Å². The highest BCUT2D eigenvalue weighted by molar-refractivity contribution is 7.05. The number of aromatic nitrogens is 1. The molecule has 3 heteroatoms. The fourth-order valence-electron chi connectivity index (χ4n) is 0.419. The van der Waals surface area contributed by atoms with E-state index in [1.54, 1.807) is 6.20 Å². The van der Waals surface area contributed by atoms with E-state index in [1.807, 2.05) is 6.92 Å². The normalized spacial score (nSPS) is 9.12. The van der Waals surface area contributed by atoms with Crippen LogP contribution in [0.15, 0.2) is 6.20 Å². The first kappa shape index (κ1) is 5.44. The zero-order valence-electron chi connectivity index (χ0n) is 4.42. The first-order valence-electron chi connectivity index (χ1n) is 2.21. The summed E-state index contributed by atoms with van der Waals surface area (Å²) >= 11 is 1.35. The van der Waals surface area contributed by atoms with Crippen molar-refractivity contribution < 1.29 is 4.79 Å². The van der Waals surface area contributed by atoms with Crippen molar-refractivity contribution >= 4 is 17.8 Å². The predicted octanol–water partition coefficient (Wildman–Crippen LogP) is 1.26. The fourth-order valence-corrected chi connectivity index (χ4v) is 0.950. The van der Waals surface area contributed by atoms with E-state index >= 15 is 0 Å². The molecule has 0 aromatic carbocycles. The zero-order chi connectivity index (χ0) is 5.98. The standard InChI is InChI=1S/C5H5NOS/c1-4-5(3-7)2-6-8-4/h2-3H,1H3. The van der Waals surface area contributed by atoms with Gasteiger partial charge in [0.25, 0.3) is 0 Å². The van der Waals surface area contributed by atoms with Crippen LogP contribution in [-0.2, 0) is 0 Å². The van der Waals surface area contributed by atoms with Crippen molar-refractivity contribution in [2.45, 2.75) is 6.92 Å². The third-order valence-corrected chi connectivity index (χ3v) is 1.64. The smallest absolute Gasteiger partial charge is 0.152 e. The Kier molecular flexibility index (Phi) is 1.39. The molecular formula is C5H5NOS. The molecule has 0 bridgehead atoms. The van der Waals surface area contributed by atoms with Crippen LogP contribution in [0.3, 0.4) is 0 Å². The Morgan fingerprint density at radius 3 is 2.88 bits per heavy atom. The summed E-state index contributed by atoms with van der Waals surface area (Å²) in [6, 6.07) is 0. The Hall–Kier alpha value is -0.700. The van der Waals surface area contributed by atoms with Gasteiger partial charge < -0.3 is 0 Å². The zero-order valence-corrected chi connectivity index (χ0v) is 5.23. The van der Waals surface area contributed by atoms with E-state index < -0.39 is 0 Å². The molecule has 0 aliphatic rings. The van der Waals surface area contributed by atoms with Gasteiger partial charge in [0.1, 0.15) is 0 Å². The Morgan fingerprint density at radius 2 is 2.62 bits per heavy atom. The van der Waals surface area contributed by atoms with E-state index in [-0.39, 0.29) is 0 Å². The summed E-state index contributed by atoms with van der Waals surface area (Å²) in [5, 5.41) is 0. The molecule has 0 N–H and O–H groups in total. The molecule has 0 aliphatic carbocycles. The van der Waals surface area contributed by atoms with Crippen molar-refractivity contribution in [2.24, 2.45) is 0 Å². The van der Waals surface area contributed by atoms with Gasteiger partial charge in [0.2, 0.25) is 0 Å². The summed E-state index contributed by atoms with van der Waals surface area (Å²) in [5.74, 6) is 0. The Labute approximate surface area is 51.3 Å². The van der Waals surface area contributed by atoms with Gasteiger partial charge >= 0.3 is 0 Å². The predicted molar refractivity (Wildman–Crippen MR) is 32.2 cm³/mol. The second-order valence-electron chi connectivity index (χ2n) is 1.46. The van der Waals surface area contributed by atoms with Crippen LogP contribution in [-0.4, -0.2) is 10.7 Å². The molecule has 1 heterocycles. The first-order chi connectivity index (χ1) is 3.84. The van der Waals surface area contributed by atoms with Gasteiger partial charge in [-0.05, 0) is 18.5 Å². The molecule has 0 saturated heterocycles. The summed E-state index contributed by atoms with van der Waals surface area (Å²) in [7, 11) is 0. The van der Waals surface area contributed by atoms with Crippen molar-refractivity contribution in [3.63, 3.8) is 0 Å².